The van der Waals surface area contributed by atoms with Crippen molar-refractivity contribution < 1.29 is 0 Å². The summed E-state index contributed by atoms with van der Waals surface area (Å²) in [6.07, 6.45) is 4.06. The zero-order valence-electron chi connectivity index (χ0n) is 9.90. The van der Waals surface area contributed by atoms with E-state index in [2.05, 4.69) is 27.3 Å². The minimum absolute atomic E-state index is 0.669. The number of rotatable bonds is 4. The van der Waals surface area contributed by atoms with Gasteiger partial charge in [-0.3, -0.25) is 0 Å². The summed E-state index contributed by atoms with van der Waals surface area (Å²) in [7, 11) is 2.07. The van der Waals surface area contributed by atoms with E-state index in [1.807, 2.05) is 13.0 Å². The molecule has 0 saturated heterocycles. The molecule has 0 radical (unpaired) electrons. The van der Waals surface area contributed by atoms with Crippen LogP contribution in [0, 0.1) is 12.8 Å². The van der Waals surface area contributed by atoms with Gasteiger partial charge in [0.05, 0.1) is 0 Å². The average molecular weight is 221 g/mol. The van der Waals surface area contributed by atoms with E-state index in [1.54, 1.807) is 0 Å². The van der Waals surface area contributed by atoms with Crippen molar-refractivity contribution in [2.24, 2.45) is 11.8 Å². The number of nitrogen functional groups attached to an aromatic ring is 1. The number of nitrogens with one attached hydrogen (secondary N) is 1. The Labute approximate surface area is 96.0 Å². The van der Waals surface area contributed by atoms with Gasteiger partial charge in [-0.05, 0) is 25.7 Å². The molecule has 1 aliphatic rings. The minimum atomic E-state index is 0.669. The fourth-order valence-corrected chi connectivity index (χ4v) is 1.98. The molecule has 0 unspecified atom stereocenters. The van der Waals surface area contributed by atoms with Crippen LogP contribution in [0.4, 0.5) is 11.6 Å². The van der Waals surface area contributed by atoms with Crippen LogP contribution in [0.1, 0.15) is 25.1 Å². The zero-order chi connectivity index (χ0) is 11.5. The Bertz CT molecular complexity index is 361. The second-order valence-corrected chi connectivity index (χ2v) is 4.48. The van der Waals surface area contributed by atoms with Gasteiger partial charge in [0.1, 0.15) is 17.5 Å². The quantitative estimate of drug-likeness (QED) is 0.592. The molecule has 88 valence electrons. The van der Waals surface area contributed by atoms with Gasteiger partial charge < -0.3 is 10.3 Å². The molecule has 2 rings (SSSR count). The van der Waals surface area contributed by atoms with Gasteiger partial charge in [-0.25, -0.2) is 15.8 Å². The number of aryl methyl sites for hydroxylation is 1. The Hall–Kier alpha value is -1.36. The summed E-state index contributed by atoms with van der Waals surface area (Å²) in [5, 5.41) is 0. The maximum atomic E-state index is 5.37. The Kier molecular flexibility index (Phi) is 3.24. The highest BCUT2D eigenvalue weighted by Crippen LogP contribution is 2.28. The van der Waals surface area contributed by atoms with Gasteiger partial charge in [0, 0.05) is 19.7 Å². The van der Waals surface area contributed by atoms with E-state index in [0.717, 1.165) is 24.1 Å². The van der Waals surface area contributed by atoms with E-state index in [9.17, 15) is 0 Å². The van der Waals surface area contributed by atoms with Gasteiger partial charge in [-0.1, -0.05) is 6.42 Å². The first-order valence-corrected chi connectivity index (χ1v) is 5.72. The summed E-state index contributed by atoms with van der Waals surface area (Å²) in [6.45, 7) is 2.95. The van der Waals surface area contributed by atoms with E-state index in [-0.39, 0.29) is 0 Å². The standard InChI is InChI=1S/C11H19N5/c1-8-13-10(15-12)6-11(14-8)16(2)7-9-4-3-5-9/h6,9H,3-5,7,12H2,1-2H3,(H,13,14,15). The van der Waals surface area contributed by atoms with Crippen molar-refractivity contribution in [3.63, 3.8) is 0 Å². The molecule has 0 atom stereocenters. The monoisotopic (exact) mass is 221 g/mol. The molecule has 0 aromatic carbocycles. The second-order valence-electron chi connectivity index (χ2n) is 4.48. The van der Waals surface area contributed by atoms with Crippen LogP contribution < -0.4 is 16.2 Å². The van der Waals surface area contributed by atoms with E-state index >= 15 is 0 Å². The van der Waals surface area contributed by atoms with Gasteiger partial charge in [-0.15, -0.1) is 0 Å². The normalized spacial score (nSPS) is 15.7. The Morgan fingerprint density at radius 3 is 2.81 bits per heavy atom. The van der Waals surface area contributed by atoms with Crippen molar-refractivity contribution >= 4 is 11.6 Å². The van der Waals surface area contributed by atoms with Crippen molar-refractivity contribution in [1.82, 2.24) is 9.97 Å². The van der Waals surface area contributed by atoms with Crippen LogP contribution >= 0.6 is 0 Å². The number of hydrogen-bond donors (Lipinski definition) is 2. The molecule has 0 spiro atoms. The lowest BCUT2D eigenvalue weighted by molar-refractivity contribution is 0.321. The molecule has 1 fully saturated rings. The summed E-state index contributed by atoms with van der Waals surface area (Å²) in [6, 6.07) is 1.88. The second kappa shape index (κ2) is 4.65. The van der Waals surface area contributed by atoms with Crippen LogP contribution in [0.5, 0.6) is 0 Å². The number of nitrogens with zero attached hydrogens (tertiary/aromatic N) is 3. The molecule has 0 aliphatic heterocycles. The number of nitrogens with two attached hydrogens (primary N) is 1. The van der Waals surface area contributed by atoms with Gasteiger partial charge in [0.15, 0.2) is 0 Å². The Morgan fingerprint density at radius 2 is 2.25 bits per heavy atom. The first kappa shape index (κ1) is 11.1. The third kappa shape index (κ3) is 2.41. The maximum Gasteiger partial charge on any atom is 0.145 e. The lowest BCUT2D eigenvalue weighted by atomic mass is 9.85. The summed E-state index contributed by atoms with van der Waals surface area (Å²) in [5.41, 5.74) is 2.57. The minimum Gasteiger partial charge on any atom is -0.359 e. The smallest absolute Gasteiger partial charge is 0.145 e. The fourth-order valence-electron chi connectivity index (χ4n) is 1.98. The van der Waals surface area contributed by atoms with E-state index < -0.39 is 0 Å². The van der Waals surface area contributed by atoms with Crippen molar-refractivity contribution in [1.29, 1.82) is 0 Å². The number of aromatic nitrogens is 2. The highest BCUT2D eigenvalue weighted by Gasteiger charge is 2.19. The lowest BCUT2D eigenvalue weighted by Gasteiger charge is -2.30. The molecule has 1 aromatic rings. The molecule has 1 aromatic heterocycles. The molecule has 5 nitrogen and oxygen atoms in total. The zero-order valence-corrected chi connectivity index (χ0v) is 9.90. The van der Waals surface area contributed by atoms with Crippen LogP contribution in [-0.2, 0) is 0 Å². The van der Waals surface area contributed by atoms with Crippen molar-refractivity contribution in [3.05, 3.63) is 11.9 Å². The molecule has 5 heteroatoms. The molecule has 3 N–H and O–H groups in total. The summed E-state index contributed by atoms with van der Waals surface area (Å²) in [5.74, 6) is 8.54. The largest absolute Gasteiger partial charge is 0.359 e. The fraction of sp³-hybridized carbons (Fsp3) is 0.636. The van der Waals surface area contributed by atoms with Crippen LogP contribution in [0.2, 0.25) is 0 Å². The summed E-state index contributed by atoms with van der Waals surface area (Å²) in [4.78, 5) is 10.8. The lowest BCUT2D eigenvalue weighted by Crippen LogP contribution is -2.30. The van der Waals surface area contributed by atoms with Crippen LogP contribution in [0.3, 0.4) is 0 Å². The summed E-state index contributed by atoms with van der Waals surface area (Å²) >= 11 is 0. The van der Waals surface area contributed by atoms with Gasteiger partial charge >= 0.3 is 0 Å². The average Bonchev–Trinajstić information content (AvgIpc) is 2.22. The predicted molar refractivity (Wildman–Crippen MR) is 65.2 cm³/mol. The molecule has 16 heavy (non-hydrogen) atoms. The number of hydrazine groups is 1. The topological polar surface area (TPSA) is 67.1 Å². The first-order valence-electron chi connectivity index (χ1n) is 5.72. The highest BCUT2D eigenvalue weighted by molar-refractivity contribution is 5.48. The van der Waals surface area contributed by atoms with Gasteiger partial charge in [0.25, 0.3) is 0 Å². The molecular formula is C11H19N5. The van der Waals surface area contributed by atoms with Crippen molar-refractivity contribution in [3.8, 4) is 0 Å². The number of anilines is 2. The molecule has 1 aliphatic carbocycles. The third-order valence-electron chi connectivity index (χ3n) is 3.12. The van der Waals surface area contributed by atoms with Crippen molar-refractivity contribution in [2.45, 2.75) is 26.2 Å². The SMILES string of the molecule is Cc1nc(NN)cc(N(C)CC2CCC2)n1. The van der Waals surface area contributed by atoms with E-state index in [1.165, 1.54) is 19.3 Å². The molecule has 1 saturated carbocycles. The molecular weight excluding hydrogens is 202 g/mol. The summed E-state index contributed by atoms with van der Waals surface area (Å²) < 4.78 is 0. The van der Waals surface area contributed by atoms with Gasteiger partial charge in [-0.2, -0.15) is 0 Å². The van der Waals surface area contributed by atoms with Crippen molar-refractivity contribution in [2.75, 3.05) is 23.9 Å². The molecule has 0 amide bonds. The predicted octanol–water partition coefficient (Wildman–Crippen LogP) is 1.31. The van der Waals surface area contributed by atoms with Crippen LogP contribution in [0.25, 0.3) is 0 Å². The Morgan fingerprint density at radius 1 is 1.50 bits per heavy atom. The maximum absolute atomic E-state index is 5.37. The van der Waals surface area contributed by atoms with Crippen LogP contribution in [0.15, 0.2) is 6.07 Å². The van der Waals surface area contributed by atoms with E-state index in [0.29, 0.717) is 5.82 Å². The molecule has 0 bridgehead atoms. The Balaban J connectivity index is 2.08. The highest BCUT2D eigenvalue weighted by atomic mass is 15.3. The van der Waals surface area contributed by atoms with Crippen LogP contribution in [-0.4, -0.2) is 23.6 Å². The molecule has 1 heterocycles. The third-order valence-corrected chi connectivity index (χ3v) is 3.12. The van der Waals surface area contributed by atoms with Gasteiger partial charge in [0.2, 0.25) is 0 Å². The van der Waals surface area contributed by atoms with E-state index in [4.69, 9.17) is 5.84 Å². The first-order chi connectivity index (χ1) is 7.69. The number of hydrogen-bond acceptors (Lipinski definition) is 5.